The number of carbonyl (C=O) groups is 3. The van der Waals surface area contributed by atoms with Crippen LogP contribution in [0.4, 0.5) is 0 Å². The monoisotopic (exact) mass is 430 g/mol. The molecule has 0 heterocycles. The Hall–Kier alpha value is -2.86. The normalized spacial score (nSPS) is 12.7. The zero-order valence-electron chi connectivity index (χ0n) is 17.4. The van der Waals surface area contributed by atoms with E-state index < -0.39 is 24.5 Å². The molecule has 2 N–H and O–H groups in total. The topological polar surface area (TPSA) is 84.5 Å². The van der Waals surface area contributed by atoms with Gasteiger partial charge in [-0.25, -0.2) is 4.79 Å². The van der Waals surface area contributed by atoms with E-state index in [1.165, 1.54) is 0 Å². The lowest BCUT2D eigenvalue weighted by Crippen LogP contribution is -2.46. The largest absolute Gasteiger partial charge is 0.454 e. The van der Waals surface area contributed by atoms with Crippen molar-refractivity contribution in [1.29, 1.82) is 0 Å². The van der Waals surface area contributed by atoms with Crippen molar-refractivity contribution in [3.63, 3.8) is 0 Å². The molecule has 2 aromatic rings. The number of rotatable bonds is 9. The Morgan fingerprint density at radius 2 is 1.53 bits per heavy atom. The molecule has 6 nitrogen and oxygen atoms in total. The Morgan fingerprint density at radius 3 is 2.13 bits per heavy atom. The van der Waals surface area contributed by atoms with Gasteiger partial charge in [0.2, 0.25) is 5.91 Å². The predicted molar refractivity (Wildman–Crippen MR) is 116 cm³/mol. The number of carbonyl (C=O) groups excluding carboxylic acids is 3. The summed E-state index contributed by atoms with van der Waals surface area (Å²) >= 11 is 5.87. The fourth-order valence-corrected chi connectivity index (χ4v) is 2.97. The highest BCUT2D eigenvalue weighted by Crippen LogP contribution is 2.16. The molecule has 2 rings (SSSR count). The summed E-state index contributed by atoms with van der Waals surface area (Å²) < 4.78 is 5.15. The predicted octanol–water partition coefficient (Wildman–Crippen LogP) is 3.44. The van der Waals surface area contributed by atoms with Gasteiger partial charge in [-0.3, -0.25) is 9.59 Å². The van der Waals surface area contributed by atoms with Crippen LogP contribution in [-0.4, -0.2) is 30.4 Å². The second-order valence-corrected chi connectivity index (χ2v) is 7.84. The minimum Gasteiger partial charge on any atom is -0.454 e. The van der Waals surface area contributed by atoms with Crippen molar-refractivity contribution < 1.29 is 19.1 Å². The highest BCUT2D eigenvalue weighted by atomic mass is 35.5. The van der Waals surface area contributed by atoms with Crippen molar-refractivity contribution in [2.24, 2.45) is 5.92 Å². The smallest absolute Gasteiger partial charge is 0.329 e. The van der Waals surface area contributed by atoms with Crippen LogP contribution in [-0.2, 0) is 25.5 Å². The van der Waals surface area contributed by atoms with Crippen LogP contribution in [0.1, 0.15) is 37.9 Å². The van der Waals surface area contributed by atoms with E-state index in [1.54, 1.807) is 26.0 Å². The molecular weight excluding hydrogens is 404 g/mol. The molecule has 2 aromatic carbocycles. The molecule has 0 saturated carbocycles. The number of nitrogens with one attached hydrogen (secondary N) is 2. The first-order valence-electron chi connectivity index (χ1n) is 9.81. The molecule has 2 amide bonds. The lowest BCUT2D eigenvalue weighted by atomic mass is 10.0. The van der Waals surface area contributed by atoms with Gasteiger partial charge in [0.15, 0.2) is 6.61 Å². The number of ether oxygens (including phenoxy) is 1. The highest BCUT2D eigenvalue weighted by Gasteiger charge is 2.26. The molecule has 0 fully saturated rings. The summed E-state index contributed by atoms with van der Waals surface area (Å²) in [5, 5.41) is 6.08. The molecule has 0 saturated heterocycles. The van der Waals surface area contributed by atoms with Crippen LogP contribution < -0.4 is 10.6 Å². The van der Waals surface area contributed by atoms with Crippen molar-refractivity contribution >= 4 is 29.4 Å². The Bertz CT molecular complexity index is 853. The summed E-state index contributed by atoms with van der Waals surface area (Å²) in [7, 11) is 0. The second-order valence-electron chi connectivity index (χ2n) is 7.40. The SMILES string of the molecule is CC(NC(=O)COC(=O)[C@@H](NC(=O)Cc1ccccc1)C(C)C)c1ccc(Cl)cc1. The fraction of sp³-hybridized carbons (Fsp3) is 0.348. The van der Waals surface area contributed by atoms with Gasteiger partial charge in [0, 0.05) is 5.02 Å². The van der Waals surface area contributed by atoms with Crippen LogP contribution in [0.25, 0.3) is 0 Å². The molecule has 30 heavy (non-hydrogen) atoms. The molecule has 0 aliphatic heterocycles. The summed E-state index contributed by atoms with van der Waals surface area (Å²) in [5.41, 5.74) is 1.73. The molecule has 7 heteroatoms. The maximum absolute atomic E-state index is 12.4. The van der Waals surface area contributed by atoms with Crippen LogP contribution in [0.15, 0.2) is 54.6 Å². The Labute approximate surface area is 182 Å². The van der Waals surface area contributed by atoms with Gasteiger partial charge in [-0.2, -0.15) is 0 Å². The van der Waals surface area contributed by atoms with Crippen molar-refractivity contribution in [2.75, 3.05) is 6.61 Å². The molecule has 2 atom stereocenters. The standard InChI is InChI=1S/C23H27ClN2O4/c1-15(2)22(26-20(27)13-17-7-5-4-6-8-17)23(29)30-14-21(28)25-16(3)18-9-11-19(24)12-10-18/h4-12,15-16,22H,13-14H2,1-3H3,(H,25,28)(H,26,27)/t16?,22-/m0/s1. The van der Waals surface area contributed by atoms with Gasteiger partial charge >= 0.3 is 5.97 Å². The van der Waals surface area contributed by atoms with Crippen LogP contribution in [0.3, 0.4) is 0 Å². The third kappa shape index (κ3) is 7.52. The average Bonchev–Trinajstić information content (AvgIpc) is 2.71. The molecule has 0 bridgehead atoms. The van der Waals surface area contributed by atoms with E-state index in [4.69, 9.17) is 16.3 Å². The van der Waals surface area contributed by atoms with Crippen LogP contribution >= 0.6 is 11.6 Å². The lowest BCUT2D eigenvalue weighted by Gasteiger charge is -2.21. The Morgan fingerprint density at radius 1 is 0.900 bits per heavy atom. The van der Waals surface area contributed by atoms with Crippen molar-refractivity contribution in [3.8, 4) is 0 Å². The van der Waals surface area contributed by atoms with Gasteiger partial charge in [0.1, 0.15) is 6.04 Å². The molecule has 0 radical (unpaired) electrons. The number of hydrogen-bond acceptors (Lipinski definition) is 4. The van der Waals surface area contributed by atoms with Crippen LogP contribution in [0, 0.1) is 5.92 Å². The highest BCUT2D eigenvalue weighted by molar-refractivity contribution is 6.30. The molecule has 1 unspecified atom stereocenters. The van der Waals surface area contributed by atoms with Crippen LogP contribution in [0.2, 0.25) is 5.02 Å². The van der Waals surface area contributed by atoms with Crippen molar-refractivity contribution in [2.45, 2.75) is 39.3 Å². The van der Waals surface area contributed by atoms with Crippen molar-refractivity contribution in [1.82, 2.24) is 10.6 Å². The maximum atomic E-state index is 12.4. The number of hydrogen-bond donors (Lipinski definition) is 2. The fourth-order valence-electron chi connectivity index (χ4n) is 2.85. The van der Waals surface area contributed by atoms with Gasteiger partial charge in [0.25, 0.3) is 5.91 Å². The summed E-state index contributed by atoms with van der Waals surface area (Å²) in [6, 6.07) is 15.3. The number of benzene rings is 2. The summed E-state index contributed by atoms with van der Waals surface area (Å²) in [5.74, 6) is -1.53. The molecule has 0 aliphatic carbocycles. The third-order valence-electron chi connectivity index (χ3n) is 4.54. The second kappa shape index (κ2) is 11.4. The van der Waals surface area contributed by atoms with E-state index in [0.717, 1.165) is 11.1 Å². The first kappa shape index (κ1) is 23.4. The first-order chi connectivity index (χ1) is 14.3. The minimum atomic E-state index is -0.831. The summed E-state index contributed by atoms with van der Waals surface area (Å²) in [6.07, 6.45) is 0.163. The molecule has 160 valence electrons. The van der Waals surface area contributed by atoms with Gasteiger partial charge in [-0.15, -0.1) is 0 Å². The van der Waals surface area contributed by atoms with Gasteiger partial charge < -0.3 is 15.4 Å². The zero-order valence-corrected chi connectivity index (χ0v) is 18.1. The third-order valence-corrected chi connectivity index (χ3v) is 4.79. The van der Waals surface area contributed by atoms with Gasteiger partial charge in [0.05, 0.1) is 12.5 Å². The van der Waals surface area contributed by atoms with E-state index in [9.17, 15) is 14.4 Å². The number of amides is 2. The number of halogens is 1. The van der Waals surface area contributed by atoms with E-state index in [1.807, 2.05) is 49.4 Å². The minimum absolute atomic E-state index is 0.163. The Kier molecular flexibility index (Phi) is 8.87. The first-order valence-corrected chi connectivity index (χ1v) is 10.2. The number of esters is 1. The quantitative estimate of drug-likeness (QED) is 0.597. The van der Waals surface area contributed by atoms with Gasteiger partial charge in [-0.05, 0) is 36.1 Å². The summed E-state index contributed by atoms with van der Waals surface area (Å²) in [6.45, 7) is 5.01. The summed E-state index contributed by atoms with van der Waals surface area (Å²) in [4.78, 5) is 36.9. The van der Waals surface area contributed by atoms with E-state index >= 15 is 0 Å². The van der Waals surface area contributed by atoms with Gasteiger partial charge in [-0.1, -0.05) is 67.9 Å². The molecular formula is C23H27ClN2O4. The molecule has 0 aliphatic rings. The van der Waals surface area contributed by atoms with Crippen molar-refractivity contribution in [3.05, 3.63) is 70.7 Å². The molecule has 0 aromatic heterocycles. The van der Waals surface area contributed by atoms with E-state index in [-0.39, 0.29) is 24.3 Å². The molecule has 0 spiro atoms. The van der Waals surface area contributed by atoms with Crippen LogP contribution in [0.5, 0.6) is 0 Å². The maximum Gasteiger partial charge on any atom is 0.329 e. The van der Waals surface area contributed by atoms with E-state index in [2.05, 4.69) is 10.6 Å². The zero-order chi connectivity index (χ0) is 22.1. The Balaban J connectivity index is 1.84. The van der Waals surface area contributed by atoms with E-state index in [0.29, 0.717) is 5.02 Å². The average molecular weight is 431 g/mol. The lowest BCUT2D eigenvalue weighted by molar-refractivity contribution is -0.152.